The number of hydrogen-bond acceptors (Lipinski definition) is 4. The summed E-state index contributed by atoms with van der Waals surface area (Å²) in [5, 5.41) is -0.509. The maximum absolute atomic E-state index is 12.9. The van der Waals surface area contributed by atoms with Gasteiger partial charge in [-0.3, -0.25) is 0 Å². The van der Waals surface area contributed by atoms with Gasteiger partial charge in [-0.25, -0.2) is 9.97 Å². The summed E-state index contributed by atoms with van der Waals surface area (Å²) < 4.78 is 77.3. The van der Waals surface area contributed by atoms with E-state index in [9.17, 15) is 26.3 Å². The van der Waals surface area contributed by atoms with Crippen molar-refractivity contribution in [3.05, 3.63) is 82.3 Å². The summed E-state index contributed by atoms with van der Waals surface area (Å²) in [6.45, 7) is -0.206. The van der Waals surface area contributed by atoms with Crippen LogP contribution in [0.5, 0.6) is 0 Å². The van der Waals surface area contributed by atoms with E-state index in [2.05, 4.69) is 9.97 Å². The molecule has 0 saturated carbocycles. The standard InChI is InChI=1S/C20H15ClF6N4/c21-15-7-11(1-6-14(15)20(25,26)27)16-8-17(31-10-30-16)18(29,9-28)12-2-4-13(5-3-12)19(22,23)24/h1-8,10H,9,28-29H2. The van der Waals surface area contributed by atoms with Crippen LogP contribution in [0.25, 0.3) is 11.3 Å². The maximum Gasteiger partial charge on any atom is 0.417 e. The Morgan fingerprint density at radius 2 is 1.42 bits per heavy atom. The van der Waals surface area contributed by atoms with Gasteiger partial charge in [-0.1, -0.05) is 29.8 Å². The Balaban J connectivity index is 2.02. The molecule has 4 nitrogen and oxygen atoms in total. The van der Waals surface area contributed by atoms with Crippen molar-refractivity contribution in [2.24, 2.45) is 11.5 Å². The maximum atomic E-state index is 12.9. The molecule has 0 amide bonds. The molecule has 0 saturated heterocycles. The molecule has 31 heavy (non-hydrogen) atoms. The van der Waals surface area contributed by atoms with Crippen molar-refractivity contribution in [3.8, 4) is 11.3 Å². The van der Waals surface area contributed by atoms with E-state index in [1.54, 1.807) is 0 Å². The molecular weight excluding hydrogens is 446 g/mol. The fraction of sp³-hybridized carbons (Fsp3) is 0.200. The Hall–Kier alpha value is -2.69. The number of hydrogen-bond donors (Lipinski definition) is 2. The molecule has 0 radical (unpaired) electrons. The molecule has 11 heteroatoms. The lowest BCUT2D eigenvalue weighted by Gasteiger charge is -2.28. The minimum atomic E-state index is -4.61. The number of halogens is 7. The van der Waals surface area contributed by atoms with Crippen LogP contribution in [0.1, 0.15) is 22.4 Å². The van der Waals surface area contributed by atoms with Crippen molar-refractivity contribution in [2.75, 3.05) is 6.54 Å². The summed E-state index contributed by atoms with van der Waals surface area (Å²) in [5.74, 6) is 0. The highest BCUT2D eigenvalue weighted by molar-refractivity contribution is 6.31. The molecule has 164 valence electrons. The van der Waals surface area contributed by atoms with Gasteiger partial charge in [-0.15, -0.1) is 0 Å². The minimum Gasteiger partial charge on any atom is -0.328 e. The van der Waals surface area contributed by atoms with Crippen LogP contribution in [0.4, 0.5) is 26.3 Å². The second-order valence-electron chi connectivity index (χ2n) is 6.73. The second kappa shape index (κ2) is 8.10. The molecule has 1 heterocycles. The third-order valence-corrected chi connectivity index (χ3v) is 5.06. The highest BCUT2D eigenvalue weighted by Crippen LogP contribution is 2.37. The smallest absolute Gasteiger partial charge is 0.328 e. The number of rotatable bonds is 4. The fourth-order valence-corrected chi connectivity index (χ4v) is 3.28. The lowest BCUT2D eigenvalue weighted by Crippen LogP contribution is -2.45. The average Bonchev–Trinajstić information content (AvgIpc) is 2.71. The van der Waals surface area contributed by atoms with Crippen molar-refractivity contribution >= 4 is 11.6 Å². The first kappa shape index (κ1) is 23.0. The number of aromatic nitrogens is 2. The van der Waals surface area contributed by atoms with E-state index in [1.807, 2.05) is 0 Å². The number of nitrogens with two attached hydrogens (primary N) is 2. The van der Waals surface area contributed by atoms with Crippen molar-refractivity contribution in [2.45, 2.75) is 17.9 Å². The molecule has 2 aromatic carbocycles. The predicted molar refractivity (Wildman–Crippen MR) is 103 cm³/mol. The van der Waals surface area contributed by atoms with Gasteiger partial charge in [0, 0.05) is 12.1 Å². The largest absolute Gasteiger partial charge is 0.417 e. The number of alkyl halides is 6. The van der Waals surface area contributed by atoms with E-state index >= 15 is 0 Å². The van der Waals surface area contributed by atoms with Gasteiger partial charge < -0.3 is 11.5 Å². The second-order valence-corrected chi connectivity index (χ2v) is 7.14. The molecule has 3 rings (SSSR count). The molecule has 1 unspecified atom stereocenters. The zero-order valence-corrected chi connectivity index (χ0v) is 16.4. The highest BCUT2D eigenvalue weighted by Gasteiger charge is 2.35. The SMILES string of the molecule is NCC(N)(c1ccc(C(F)(F)F)cc1)c1cc(-c2ccc(C(F)(F)F)c(Cl)c2)ncn1. The van der Waals surface area contributed by atoms with Crippen molar-refractivity contribution in [3.63, 3.8) is 0 Å². The monoisotopic (exact) mass is 460 g/mol. The van der Waals surface area contributed by atoms with E-state index in [4.69, 9.17) is 23.1 Å². The van der Waals surface area contributed by atoms with Crippen molar-refractivity contribution in [1.82, 2.24) is 9.97 Å². The molecule has 1 atom stereocenters. The van der Waals surface area contributed by atoms with Gasteiger partial charge in [0.1, 0.15) is 6.33 Å². The fourth-order valence-electron chi connectivity index (χ4n) is 2.99. The topological polar surface area (TPSA) is 77.8 Å². The quantitative estimate of drug-likeness (QED) is 0.537. The molecule has 0 aliphatic rings. The first-order valence-corrected chi connectivity index (χ1v) is 9.10. The van der Waals surface area contributed by atoms with Crippen LogP contribution < -0.4 is 11.5 Å². The Labute approximate surface area is 177 Å². The molecule has 4 N–H and O–H groups in total. The van der Waals surface area contributed by atoms with Crippen LogP contribution in [0.15, 0.2) is 54.9 Å². The Morgan fingerprint density at radius 3 is 1.94 bits per heavy atom. The summed E-state index contributed by atoms with van der Waals surface area (Å²) >= 11 is 5.77. The van der Waals surface area contributed by atoms with Gasteiger partial charge in [-0.05, 0) is 35.9 Å². The average molecular weight is 461 g/mol. The molecule has 0 aliphatic heterocycles. The molecular formula is C20H15ClF6N4. The van der Waals surface area contributed by atoms with E-state index in [0.717, 1.165) is 30.6 Å². The predicted octanol–water partition coefficient (Wildman–Crippen LogP) is 5.00. The first-order chi connectivity index (χ1) is 14.4. The summed E-state index contributed by atoms with van der Waals surface area (Å²) in [7, 11) is 0. The van der Waals surface area contributed by atoms with Crippen LogP contribution in [-0.2, 0) is 17.9 Å². The van der Waals surface area contributed by atoms with E-state index in [0.29, 0.717) is 0 Å². The lowest BCUT2D eigenvalue weighted by molar-refractivity contribution is -0.138. The van der Waals surface area contributed by atoms with Gasteiger partial charge >= 0.3 is 12.4 Å². The van der Waals surface area contributed by atoms with Crippen molar-refractivity contribution in [1.29, 1.82) is 0 Å². The zero-order valence-electron chi connectivity index (χ0n) is 15.6. The Kier molecular flexibility index (Phi) is 6.01. The van der Waals surface area contributed by atoms with Crippen LogP contribution in [0.3, 0.4) is 0 Å². The lowest BCUT2D eigenvalue weighted by atomic mass is 9.86. The molecule has 0 bridgehead atoms. The number of benzene rings is 2. The van der Waals surface area contributed by atoms with Crippen molar-refractivity contribution < 1.29 is 26.3 Å². The van der Waals surface area contributed by atoms with Crippen LogP contribution in [0, 0.1) is 0 Å². The summed E-state index contributed by atoms with van der Waals surface area (Å²) in [5.41, 5.74) is 9.85. The van der Waals surface area contributed by atoms with E-state index < -0.39 is 34.0 Å². The van der Waals surface area contributed by atoms with Gasteiger partial charge in [0.05, 0.1) is 33.1 Å². The summed E-state index contributed by atoms with van der Waals surface area (Å²) in [4.78, 5) is 8.12. The minimum absolute atomic E-state index is 0.177. The van der Waals surface area contributed by atoms with Gasteiger partial charge in [0.2, 0.25) is 0 Å². The molecule has 1 aromatic heterocycles. The third-order valence-electron chi connectivity index (χ3n) is 4.74. The summed E-state index contributed by atoms with van der Waals surface area (Å²) in [6.07, 6.45) is -7.99. The Morgan fingerprint density at radius 1 is 0.806 bits per heavy atom. The van der Waals surface area contributed by atoms with E-state index in [-0.39, 0.29) is 29.1 Å². The van der Waals surface area contributed by atoms with Gasteiger partial charge in [-0.2, -0.15) is 26.3 Å². The summed E-state index contributed by atoms with van der Waals surface area (Å²) in [6, 6.07) is 8.69. The van der Waals surface area contributed by atoms with Crippen LogP contribution >= 0.6 is 11.6 Å². The first-order valence-electron chi connectivity index (χ1n) is 8.72. The molecule has 0 spiro atoms. The molecule has 0 fully saturated rings. The van der Waals surface area contributed by atoms with Gasteiger partial charge in [0.15, 0.2) is 0 Å². The Bertz CT molecular complexity index is 1080. The molecule has 3 aromatic rings. The van der Waals surface area contributed by atoms with E-state index in [1.165, 1.54) is 24.3 Å². The normalized spacial score (nSPS) is 14.4. The zero-order chi connectivity index (χ0) is 23.0. The third kappa shape index (κ3) is 4.65. The van der Waals surface area contributed by atoms with Crippen LogP contribution in [-0.4, -0.2) is 16.5 Å². The number of nitrogens with zero attached hydrogens (tertiary/aromatic N) is 2. The van der Waals surface area contributed by atoms with Crippen LogP contribution in [0.2, 0.25) is 5.02 Å². The molecule has 0 aliphatic carbocycles. The van der Waals surface area contributed by atoms with Gasteiger partial charge in [0.25, 0.3) is 0 Å². The highest BCUT2D eigenvalue weighted by atomic mass is 35.5.